The second kappa shape index (κ2) is 3.95. The van der Waals surface area contributed by atoms with Gasteiger partial charge >= 0.3 is 0 Å². The molecule has 0 fully saturated rings. The summed E-state index contributed by atoms with van der Waals surface area (Å²) >= 11 is 0. The summed E-state index contributed by atoms with van der Waals surface area (Å²) in [6.45, 7) is 4.94. The minimum absolute atomic E-state index is 0.264. The van der Waals surface area contributed by atoms with Crippen molar-refractivity contribution in [2.75, 3.05) is 6.61 Å². The predicted octanol–water partition coefficient (Wildman–Crippen LogP) is 1.60. The molecular formula is C9H13NO2. The lowest BCUT2D eigenvalue weighted by molar-refractivity contribution is -0.129. The molecule has 3 heteroatoms. The topological polar surface area (TPSA) is 42.1 Å². The molecular weight excluding hydrogens is 154 g/mol. The number of rotatable bonds is 4. The number of hydrogen-bond acceptors (Lipinski definition) is 2. The van der Waals surface area contributed by atoms with Crippen LogP contribution in [0.15, 0.2) is 12.3 Å². The second-order valence-electron chi connectivity index (χ2n) is 2.95. The van der Waals surface area contributed by atoms with Crippen LogP contribution in [0.5, 0.6) is 0 Å². The Hall–Kier alpha value is -1.25. The largest absolute Gasteiger partial charge is 0.467 e. The lowest BCUT2D eigenvalue weighted by Gasteiger charge is -2.06. The van der Waals surface area contributed by atoms with Crippen LogP contribution in [0.2, 0.25) is 0 Å². The van der Waals surface area contributed by atoms with Crippen LogP contribution < -0.4 is 0 Å². The highest BCUT2D eigenvalue weighted by Gasteiger charge is 2.06. The normalized spacial score (nSPS) is 12.5. The lowest BCUT2D eigenvalue weighted by atomic mass is 10.1. The first-order chi connectivity index (χ1) is 5.74. The van der Waals surface area contributed by atoms with Gasteiger partial charge in [0.05, 0.1) is 6.61 Å². The van der Waals surface area contributed by atoms with Crippen LogP contribution in [0.1, 0.15) is 24.1 Å². The Morgan fingerprint density at radius 2 is 2.50 bits per heavy atom. The molecule has 0 saturated carbocycles. The molecule has 12 heavy (non-hydrogen) atoms. The maximum absolute atomic E-state index is 9.92. The van der Waals surface area contributed by atoms with E-state index in [4.69, 9.17) is 0 Å². The van der Waals surface area contributed by atoms with Crippen molar-refractivity contribution in [1.82, 2.24) is 4.98 Å². The molecule has 1 aromatic heterocycles. The summed E-state index contributed by atoms with van der Waals surface area (Å²) in [4.78, 5) is 13.0. The molecule has 1 atom stereocenters. The number of aryl methyl sites for hydroxylation is 1. The zero-order chi connectivity index (χ0) is 8.97. The lowest BCUT2D eigenvalue weighted by Crippen LogP contribution is -2.01. The molecule has 0 aromatic carbocycles. The standard InChI is InChI=1S/C9H13NO2/c1-7(5-12-6-11)9-3-8(2)10-4-9/h3-4,6-7,10H,5H2,1-2H3. The summed E-state index contributed by atoms with van der Waals surface area (Å²) in [5.41, 5.74) is 2.30. The zero-order valence-corrected chi connectivity index (χ0v) is 7.33. The number of aromatic nitrogens is 1. The molecule has 0 aliphatic rings. The Kier molecular flexibility index (Phi) is 2.91. The molecule has 0 saturated heterocycles. The third-order valence-corrected chi connectivity index (χ3v) is 1.83. The van der Waals surface area contributed by atoms with Crippen molar-refractivity contribution in [3.05, 3.63) is 23.5 Å². The third-order valence-electron chi connectivity index (χ3n) is 1.83. The number of nitrogens with one attached hydrogen (secondary N) is 1. The van der Waals surface area contributed by atoms with Gasteiger partial charge in [-0.15, -0.1) is 0 Å². The van der Waals surface area contributed by atoms with Crippen LogP contribution in [-0.2, 0) is 9.53 Å². The van der Waals surface area contributed by atoms with Gasteiger partial charge in [0.2, 0.25) is 0 Å². The second-order valence-corrected chi connectivity index (χ2v) is 2.95. The highest BCUT2D eigenvalue weighted by Crippen LogP contribution is 2.15. The Balaban J connectivity index is 2.52. The number of aromatic amines is 1. The van der Waals surface area contributed by atoms with Crippen LogP contribution in [-0.4, -0.2) is 18.1 Å². The monoisotopic (exact) mass is 167 g/mol. The molecule has 0 radical (unpaired) electrons. The number of ether oxygens (including phenoxy) is 1. The van der Waals surface area contributed by atoms with E-state index in [2.05, 4.69) is 15.8 Å². The molecule has 0 bridgehead atoms. The quantitative estimate of drug-likeness (QED) is 0.692. The van der Waals surface area contributed by atoms with Gasteiger partial charge in [0, 0.05) is 17.8 Å². The summed E-state index contributed by atoms with van der Waals surface area (Å²) < 4.78 is 4.66. The van der Waals surface area contributed by atoms with Gasteiger partial charge in [0.1, 0.15) is 0 Å². The molecule has 0 spiro atoms. The van der Waals surface area contributed by atoms with Crippen LogP contribution >= 0.6 is 0 Å². The zero-order valence-electron chi connectivity index (χ0n) is 7.33. The Morgan fingerprint density at radius 3 is 3.00 bits per heavy atom. The first kappa shape index (κ1) is 8.84. The highest BCUT2D eigenvalue weighted by atomic mass is 16.5. The number of H-pyrrole nitrogens is 1. The molecule has 1 N–H and O–H groups in total. The molecule has 1 aromatic rings. The molecule has 1 heterocycles. The van der Waals surface area contributed by atoms with Crippen LogP contribution in [0, 0.1) is 6.92 Å². The van der Waals surface area contributed by atoms with Gasteiger partial charge in [-0.25, -0.2) is 0 Å². The van der Waals surface area contributed by atoms with Gasteiger partial charge < -0.3 is 9.72 Å². The van der Waals surface area contributed by atoms with Crippen molar-refractivity contribution >= 4 is 6.47 Å². The van der Waals surface area contributed by atoms with E-state index in [0.717, 1.165) is 5.69 Å². The molecule has 3 nitrogen and oxygen atoms in total. The van der Waals surface area contributed by atoms with Gasteiger partial charge in [-0.2, -0.15) is 0 Å². The minimum atomic E-state index is 0.264. The Morgan fingerprint density at radius 1 is 1.75 bits per heavy atom. The summed E-state index contributed by atoms with van der Waals surface area (Å²) in [5, 5.41) is 0. The van der Waals surface area contributed by atoms with E-state index in [0.29, 0.717) is 13.1 Å². The van der Waals surface area contributed by atoms with Crippen molar-refractivity contribution < 1.29 is 9.53 Å². The van der Waals surface area contributed by atoms with Gasteiger partial charge in [-0.1, -0.05) is 6.92 Å². The Bertz CT molecular complexity index is 255. The maximum atomic E-state index is 9.92. The van der Waals surface area contributed by atoms with Gasteiger partial charge in [-0.05, 0) is 18.6 Å². The first-order valence-electron chi connectivity index (χ1n) is 3.94. The van der Waals surface area contributed by atoms with Crippen molar-refractivity contribution in [3.8, 4) is 0 Å². The first-order valence-corrected chi connectivity index (χ1v) is 3.94. The number of carbonyl (C=O) groups is 1. The highest BCUT2D eigenvalue weighted by molar-refractivity contribution is 5.37. The van der Waals surface area contributed by atoms with E-state index in [1.165, 1.54) is 5.56 Å². The van der Waals surface area contributed by atoms with Crippen LogP contribution in [0.25, 0.3) is 0 Å². The van der Waals surface area contributed by atoms with Gasteiger partial charge in [-0.3, -0.25) is 4.79 Å². The summed E-state index contributed by atoms with van der Waals surface area (Å²) in [6, 6.07) is 2.05. The van der Waals surface area contributed by atoms with Crippen molar-refractivity contribution in [2.45, 2.75) is 19.8 Å². The molecule has 1 rings (SSSR count). The van der Waals surface area contributed by atoms with Crippen LogP contribution in [0.3, 0.4) is 0 Å². The average molecular weight is 167 g/mol. The van der Waals surface area contributed by atoms with E-state index in [1.54, 1.807) is 0 Å². The maximum Gasteiger partial charge on any atom is 0.293 e. The van der Waals surface area contributed by atoms with Crippen LogP contribution in [0.4, 0.5) is 0 Å². The smallest absolute Gasteiger partial charge is 0.293 e. The fourth-order valence-electron chi connectivity index (χ4n) is 1.09. The average Bonchev–Trinajstić information content (AvgIpc) is 2.47. The Labute approximate surface area is 71.7 Å². The number of carbonyl (C=O) groups excluding carboxylic acids is 1. The fourth-order valence-corrected chi connectivity index (χ4v) is 1.09. The van der Waals surface area contributed by atoms with E-state index in [1.807, 2.05) is 20.0 Å². The summed E-state index contributed by atoms with van der Waals surface area (Å²) in [6.07, 6.45) is 1.94. The fraction of sp³-hybridized carbons (Fsp3) is 0.444. The molecule has 1 unspecified atom stereocenters. The molecule has 0 aliphatic heterocycles. The predicted molar refractivity (Wildman–Crippen MR) is 46.0 cm³/mol. The summed E-state index contributed by atoms with van der Waals surface area (Å²) in [7, 11) is 0. The van der Waals surface area contributed by atoms with E-state index >= 15 is 0 Å². The van der Waals surface area contributed by atoms with Gasteiger partial charge in [0.25, 0.3) is 6.47 Å². The van der Waals surface area contributed by atoms with E-state index in [9.17, 15) is 4.79 Å². The van der Waals surface area contributed by atoms with Crippen molar-refractivity contribution in [3.63, 3.8) is 0 Å². The molecule has 0 amide bonds. The van der Waals surface area contributed by atoms with E-state index in [-0.39, 0.29) is 5.92 Å². The SMILES string of the molecule is Cc1cc(C(C)COC=O)c[nH]1. The number of hydrogen-bond donors (Lipinski definition) is 1. The third kappa shape index (κ3) is 2.12. The molecule has 0 aliphatic carbocycles. The van der Waals surface area contributed by atoms with Gasteiger partial charge in [0.15, 0.2) is 0 Å². The van der Waals surface area contributed by atoms with Crippen molar-refractivity contribution in [1.29, 1.82) is 0 Å². The minimum Gasteiger partial charge on any atom is -0.467 e. The van der Waals surface area contributed by atoms with Crippen molar-refractivity contribution in [2.24, 2.45) is 0 Å². The molecule has 66 valence electrons. The van der Waals surface area contributed by atoms with E-state index < -0.39 is 0 Å². The summed E-state index contributed by atoms with van der Waals surface area (Å²) in [5.74, 6) is 0.264.